The maximum absolute atomic E-state index is 13.6. The van der Waals surface area contributed by atoms with E-state index < -0.39 is 28.9 Å². The molecule has 126 valence electrons. The van der Waals surface area contributed by atoms with Crippen LogP contribution in [-0.2, 0) is 11.2 Å². The molecule has 0 radical (unpaired) electrons. The van der Waals surface area contributed by atoms with Crippen LogP contribution >= 0.6 is 0 Å². The number of fused-ring (bicyclic) bond motifs is 1. The van der Waals surface area contributed by atoms with Gasteiger partial charge in [-0.05, 0) is 23.6 Å². The normalized spacial score (nSPS) is 10.6. The number of aromatic nitrogens is 1. The van der Waals surface area contributed by atoms with E-state index in [4.69, 9.17) is 0 Å². The Morgan fingerprint density at radius 1 is 1.20 bits per heavy atom. The predicted molar refractivity (Wildman–Crippen MR) is 87.1 cm³/mol. The van der Waals surface area contributed by atoms with Crippen molar-refractivity contribution in [2.24, 2.45) is 0 Å². The molecule has 0 aliphatic heterocycles. The van der Waals surface area contributed by atoms with Gasteiger partial charge in [0.2, 0.25) is 5.91 Å². The monoisotopic (exact) mass is 343 g/mol. The fourth-order valence-electron chi connectivity index (χ4n) is 2.40. The Morgan fingerprint density at radius 3 is 2.76 bits per heavy atom. The average molecular weight is 343 g/mol. The highest BCUT2D eigenvalue weighted by Gasteiger charge is 2.15. The lowest BCUT2D eigenvalue weighted by atomic mass is 10.1. The van der Waals surface area contributed by atoms with Gasteiger partial charge >= 0.3 is 0 Å². The van der Waals surface area contributed by atoms with Crippen LogP contribution in [0.25, 0.3) is 10.8 Å². The molecule has 3 aromatic rings. The smallest absolute Gasteiger partial charge is 0.270 e. The number of carbonyl (C=O) groups excluding carboxylic acids is 1. The zero-order valence-corrected chi connectivity index (χ0v) is 12.7. The van der Waals surface area contributed by atoms with Crippen LogP contribution in [0.2, 0.25) is 0 Å². The lowest BCUT2D eigenvalue weighted by molar-refractivity contribution is -0.384. The van der Waals surface area contributed by atoms with Crippen molar-refractivity contribution in [2.45, 2.75) is 6.42 Å². The second kappa shape index (κ2) is 6.60. The predicted octanol–water partition coefficient (Wildman–Crippen LogP) is 3.60. The number of carbonyl (C=O) groups is 1. The third-order valence-electron chi connectivity index (χ3n) is 3.60. The van der Waals surface area contributed by atoms with Crippen molar-refractivity contribution in [3.63, 3.8) is 0 Å². The summed E-state index contributed by atoms with van der Waals surface area (Å²) in [4.78, 5) is 26.5. The summed E-state index contributed by atoms with van der Waals surface area (Å²) in [7, 11) is 0. The van der Waals surface area contributed by atoms with Crippen LogP contribution in [0.5, 0.6) is 0 Å². The largest absolute Gasteiger partial charge is 0.310 e. The number of pyridine rings is 1. The molecule has 0 aliphatic carbocycles. The van der Waals surface area contributed by atoms with E-state index >= 15 is 0 Å². The standard InChI is InChI=1S/C17H11F2N3O3/c18-14-3-1-2-11(16(14)19)8-15(23)21-17-13-9-12(22(24)25)5-4-10(13)6-7-20-17/h1-7,9H,8H2,(H,20,21,23). The molecule has 0 atom stereocenters. The molecule has 0 bridgehead atoms. The Kier molecular flexibility index (Phi) is 4.34. The minimum absolute atomic E-state index is 0.0938. The first-order valence-corrected chi connectivity index (χ1v) is 7.21. The Bertz CT molecular complexity index is 992. The number of nitro groups is 1. The van der Waals surface area contributed by atoms with Crippen molar-refractivity contribution in [1.82, 2.24) is 4.98 Å². The number of benzene rings is 2. The van der Waals surface area contributed by atoms with Crippen LogP contribution in [0.15, 0.2) is 48.7 Å². The lowest BCUT2D eigenvalue weighted by Crippen LogP contribution is -2.16. The highest BCUT2D eigenvalue weighted by atomic mass is 19.2. The summed E-state index contributed by atoms with van der Waals surface area (Å²) in [5.74, 6) is -2.62. The van der Waals surface area contributed by atoms with Gasteiger partial charge in [-0.3, -0.25) is 14.9 Å². The minimum atomic E-state index is -1.08. The van der Waals surface area contributed by atoms with Gasteiger partial charge in [0.25, 0.3) is 5.69 Å². The molecule has 6 nitrogen and oxygen atoms in total. The first-order valence-electron chi connectivity index (χ1n) is 7.21. The van der Waals surface area contributed by atoms with Crippen LogP contribution in [0.1, 0.15) is 5.56 Å². The molecule has 2 aromatic carbocycles. The molecule has 1 N–H and O–H groups in total. The number of halogens is 2. The quantitative estimate of drug-likeness (QED) is 0.579. The molecule has 25 heavy (non-hydrogen) atoms. The van der Waals surface area contributed by atoms with Crippen LogP contribution in [-0.4, -0.2) is 15.8 Å². The zero-order valence-electron chi connectivity index (χ0n) is 12.7. The number of nitro benzene ring substituents is 1. The van der Waals surface area contributed by atoms with Gasteiger partial charge in [0.15, 0.2) is 11.6 Å². The number of amides is 1. The van der Waals surface area contributed by atoms with Gasteiger partial charge in [0.1, 0.15) is 5.82 Å². The Labute approximate surface area is 140 Å². The summed E-state index contributed by atoms with van der Waals surface area (Å²) < 4.78 is 26.9. The molecule has 8 heteroatoms. The van der Waals surface area contributed by atoms with Crippen LogP contribution < -0.4 is 5.32 Å². The first-order chi connectivity index (χ1) is 12.0. The molecular formula is C17H11F2N3O3. The Morgan fingerprint density at radius 2 is 2.00 bits per heavy atom. The van der Waals surface area contributed by atoms with Crippen LogP contribution in [0, 0.1) is 21.7 Å². The molecule has 3 rings (SSSR count). The van der Waals surface area contributed by atoms with Crippen molar-refractivity contribution < 1.29 is 18.5 Å². The van der Waals surface area contributed by atoms with Gasteiger partial charge in [0, 0.05) is 29.3 Å². The second-order valence-corrected chi connectivity index (χ2v) is 5.26. The van der Waals surface area contributed by atoms with Crippen molar-refractivity contribution in [3.05, 3.63) is 76.0 Å². The summed E-state index contributed by atoms with van der Waals surface area (Å²) in [6, 6.07) is 9.39. The van der Waals surface area contributed by atoms with E-state index in [0.717, 1.165) is 6.07 Å². The molecule has 0 fully saturated rings. The van der Waals surface area contributed by atoms with E-state index in [9.17, 15) is 23.7 Å². The van der Waals surface area contributed by atoms with Crippen molar-refractivity contribution >= 4 is 28.2 Å². The highest BCUT2D eigenvalue weighted by Crippen LogP contribution is 2.26. The third-order valence-corrected chi connectivity index (χ3v) is 3.60. The van der Waals surface area contributed by atoms with Gasteiger partial charge in [-0.1, -0.05) is 12.1 Å². The third kappa shape index (κ3) is 3.42. The van der Waals surface area contributed by atoms with Gasteiger partial charge in [-0.25, -0.2) is 13.8 Å². The number of nitrogens with zero attached hydrogens (tertiary/aromatic N) is 2. The summed E-state index contributed by atoms with van der Waals surface area (Å²) in [6.07, 6.45) is 1.04. The number of anilines is 1. The molecular weight excluding hydrogens is 332 g/mol. The molecule has 0 unspecified atom stereocenters. The molecule has 1 heterocycles. The molecule has 0 saturated carbocycles. The molecule has 1 amide bonds. The molecule has 0 saturated heterocycles. The van der Waals surface area contributed by atoms with E-state index in [-0.39, 0.29) is 17.1 Å². The fourth-order valence-corrected chi connectivity index (χ4v) is 2.40. The maximum Gasteiger partial charge on any atom is 0.270 e. The van der Waals surface area contributed by atoms with Crippen molar-refractivity contribution in [3.8, 4) is 0 Å². The van der Waals surface area contributed by atoms with Crippen LogP contribution in [0.3, 0.4) is 0 Å². The maximum atomic E-state index is 13.6. The topological polar surface area (TPSA) is 85.1 Å². The number of hydrogen-bond donors (Lipinski definition) is 1. The Balaban J connectivity index is 1.89. The van der Waals surface area contributed by atoms with Gasteiger partial charge < -0.3 is 5.32 Å². The van der Waals surface area contributed by atoms with E-state index in [1.165, 1.54) is 36.5 Å². The highest BCUT2D eigenvalue weighted by molar-refractivity contribution is 6.01. The summed E-state index contributed by atoms with van der Waals surface area (Å²) in [6.45, 7) is 0. The first kappa shape index (κ1) is 16.4. The second-order valence-electron chi connectivity index (χ2n) is 5.26. The number of hydrogen-bond acceptors (Lipinski definition) is 4. The van der Waals surface area contributed by atoms with E-state index in [1.54, 1.807) is 6.07 Å². The summed E-state index contributed by atoms with van der Waals surface area (Å²) in [5, 5.41) is 14.4. The minimum Gasteiger partial charge on any atom is -0.310 e. The van der Waals surface area contributed by atoms with Crippen molar-refractivity contribution in [1.29, 1.82) is 0 Å². The molecule has 0 aliphatic rings. The number of rotatable bonds is 4. The van der Waals surface area contributed by atoms with Crippen LogP contribution in [0.4, 0.5) is 20.3 Å². The lowest BCUT2D eigenvalue weighted by Gasteiger charge is -2.08. The average Bonchev–Trinajstić information content (AvgIpc) is 2.59. The van der Waals surface area contributed by atoms with Crippen molar-refractivity contribution in [2.75, 3.05) is 5.32 Å². The SMILES string of the molecule is O=C(Cc1cccc(F)c1F)Nc1nccc2ccc([N+](=O)[O-])cc12. The summed E-state index contributed by atoms with van der Waals surface area (Å²) in [5.41, 5.74) is -0.240. The summed E-state index contributed by atoms with van der Waals surface area (Å²) >= 11 is 0. The van der Waals surface area contributed by atoms with E-state index in [0.29, 0.717) is 10.8 Å². The Hall–Kier alpha value is -3.42. The molecule has 0 spiro atoms. The van der Waals surface area contributed by atoms with Gasteiger partial charge in [-0.2, -0.15) is 0 Å². The molecule has 1 aromatic heterocycles. The van der Waals surface area contributed by atoms with Gasteiger partial charge in [0.05, 0.1) is 11.3 Å². The van der Waals surface area contributed by atoms with E-state index in [2.05, 4.69) is 10.3 Å². The van der Waals surface area contributed by atoms with E-state index in [1.807, 2.05) is 0 Å². The fraction of sp³-hybridized carbons (Fsp3) is 0.0588. The number of nitrogens with one attached hydrogen (secondary N) is 1. The van der Waals surface area contributed by atoms with Gasteiger partial charge in [-0.15, -0.1) is 0 Å². The number of non-ortho nitro benzene ring substituents is 1. The zero-order chi connectivity index (χ0) is 18.0.